The molecule has 0 saturated carbocycles. The molecule has 7 heteroatoms. The Hall–Kier alpha value is -1.91. The highest BCUT2D eigenvalue weighted by Crippen LogP contribution is 2.18. The second kappa shape index (κ2) is 7.03. The number of rotatable bonds is 6. The Morgan fingerprint density at radius 1 is 1.35 bits per heavy atom. The fourth-order valence-electron chi connectivity index (χ4n) is 1.68. The van der Waals surface area contributed by atoms with Crippen LogP contribution in [0, 0.1) is 11.3 Å². The third kappa shape index (κ3) is 3.79. The first-order valence-corrected chi connectivity index (χ1v) is 7.31. The van der Waals surface area contributed by atoms with E-state index in [2.05, 4.69) is 26.9 Å². The minimum Gasteiger partial charge on any atom is -0.299 e. The van der Waals surface area contributed by atoms with E-state index in [-0.39, 0.29) is 12.1 Å². The van der Waals surface area contributed by atoms with E-state index in [0.717, 1.165) is 5.69 Å². The molecule has 6 nitrogen and oxygen atoms in total. The van der Waals surface area contributed by atoms with Crippen molar-refractivity contribution in [3.63, 3.8) is 0 Å². The van der Waals surface area contributed by atoms with Gasteiger partial charge in [-0.15, -0.1) is 5.10 Å². The molecule has 1 aromatic heterocycles. The molecule has 1 unspecified atom stereocenters. The van der Waals surface area contributed by atoms with E-state index in [1.54, 1.807) is 4.68 Å². The molecule has 0 saturated heterocycles. The maximum Gasteiger partial charge on any atom is 0.214 e. The van der Waals surface area contributed by atoms with Crippen LogP contribution in [0.3, 0.4) is 0 Å². The highest BCUT2D eigenvalue weighted by Gasteiger charge is 2.13. The maximum atomic E-state index is 9.11. The van der Waals surface area contributed by atoms with Crippen LogP contribution in [0.2, 0.25) is 0 Å². The van der Waals surface area contributed by atoms with Gasteiger partial charge in [-0.2, -0.15) is 9.94 Å². The monoisotopic (exact) mass is 288 g/mol. The Balaban J connectivity index is 2.05. The molecule has 1 N–H and O–H groups in total. The molecule has 0 bridgehead atoms. The Morgan fingerprint density at radius 3 is 2.75 bits per heavy atom. The quantitative estimate of drug-likeness (QED) is 0.814. The Kier molecular flexibility index (Phi) is 5.09. The van der Waals surface area contributed by atoms with Gasteiger partial charge in [0.1, 0.15) is 6.04 Å². The zero-order chi connectivity index (χ0) is 14.4. The van der Waals surface area contributed by atoms with Crippen LogP contribution in [0.25, 0.3) is 5.69 Å². The minimum absolute atomic E-state index is 0.221. The number of hydrogen-bond acceptors (Lipinski definition) is 6. The van der Waals surface area contributed by atoms with Crippen LogP contribution in [-0.2, 0) is 0 Å². The van der Waals surface area contributed by atoms with Gasteiger partial charge in [0.2, 0.25) is 5.16 Å². The van der Waals surface area contributed by atoms with Crippen molar-refractivity contribution in [2.75, 3.05) is 5.75 Å². The molecule has 1 atom stereocenters. The van der Waals surface area contributed by atoms with Gasteiger partial charge in [-0.3, -0.25) is 5.32 Å². The van der Waals surface area contributed by atoms with Crippen molar-refractivity contribution in [2.24, 2.45) is 0 Å². The number of thioether (sulfide) groups is 1. The Labute approximate surface area is 122 Å². The molecule has 1 heterocycles. The second-order valence-corrected chi connectivity index (χ2v) is 5.51. The van der Waals surface area contributed by atoms with E-state index in [1.165, 1.54) is 11.8 Å². The van der Waals surface area contributed by atoms with Gasteiger partial charge in [0.15, 0.2) is 0 Å². The Morgan fingerprint density at radius 2 is 2.10 bits per heavy atom. The summed E-state index contributed by atoms with van der Waals surface area (Å²) in [5, 5.41) is 24.7. The first kappa shape index (κ1) is 14.5. The van der Waals surface area contributed by atoms with Gasteiger partial charge in [-0.1, -0.05) is 30.0 Å². The lowest BCUT2D eigenvalue weighted by Crippen LogP contribution is -2.35. The highest BCUT2D eigenvalue weighted by molar-refractivity contribution is 7.99. The average Bonchev–Trinajstić information content (AvgIpc) is 2.92. The second-order valence-electron chi connectivity index (χ2n) is 4.52. The lowest BCUT2D eigenvalue weighted by Gasteiger charge is -2.13. The van der Waals surface area contributed by atoms with Gasteiger partial charge in [-0.05, 0) is 36.4 Å². The number of nitrogens with one attached hydrogen (secondary N) is 1. The molecule has 2 rings (SSSR count). The number of nitriles is 1. The average molecular weight is 288 g/mol. The lowest BCUT2D eigenvalue weighted by atomic mass is 10.3. The lowest BCUT2D eigenvalue weighted by molar-refractivity contribution is 0.560. The number of hydrogen-bond donors (Lipinski definition) is 1. The van der Waals surface area contributed by atoms with Crippen LogP contribution in [-0.4, -0.2) is 38.0 Å². The highest BCUT2D eigenvalue weighted by atomic mass is 32.2. The van der Waals surface area contributed by atoms with E-state index in [1.807, 2.05) is 44.2 Å². The van der Waals surface area contributed by atoms with Crippen molar-refractivity contribution in [3.8, 4) is 11.8 Å². The fraction of sp³-hybridized carbons (Fsp3) is 0.385. The number of nitrogens with zero attached hydrogens (tertiary/aromatic N) is 5. The van der Waals surface area contributed by atoms with Crippen molar-refractivity contribution >= 4 is 11.8 Å². The zero-order valence-electron chi connectivity index (χ0n) is 11.4. The van der Waals surface area contributed by atoms with Crippen molar-refractivity contribution in [3.05, 3.63) is 30.3 Å². The first-order valence-electron chi connectivity index (χ1n) is 6.33. The predicted molar refractivity (Wildman–Crippen MR) is 77.6 cm³/mol. The van der Waals surface area contributed by atoms with Crippen LogP contribution < -0.4 is 5.32 Å². The molecule has 0 aliphatic heterocycles. The van der Waals surface area contributed by atoms with Gasteiger partial charge in [0.25, 0.3) is 0 Å². The van der Waals surface area contributed by atoms with Crippen molar-refractivity contribution < 1.29 is 0 Å². The summed E-state index contributed by atoms with van der Waals surface area (Å²) in [6.45, 7) is 4.03. The molecule has 1 aromatic carbocycles. The SMILES string of the molecule is CC(C)NC(C#N)CSc1nnnn1-c1ccccc1. The summed E-state index contributed by atoms with van der Waals surface area (Å²) in [6, 6.07) is 12.0. The molecule has 0 aliphatic carbocycles. The summed E-state index contributed by atoms with van der Waals surface area (Å²) >= 11 is 1.47. The summed E-state index contributed by atoms with van der Waals surface area (Å²) in [4.78, 5) is 0. The van der Waals surface area contributed by atoms with Crippen LogP contribution in [0.5, 0.6) is 0 Å². The summed E-state index contributed by atoms with van der Waals surface area (Å²) in [6.07, 6.45) is 0. The minimum atomic E-state index is -0.221. The van der Waals surface area contributed by atoms with Crippen LogP contribution >= 0.6 is 11.8 Å². The molecule has 0 fully saturated rings. The van der Waals surface area contributed by atoms with E-state index in [4.69, 9.17) is 5.26 Å². The van der Waals surface area contributed by atoms with Gasteiger partial charge < -0.3 is 0 Å². The van der Waals surface area contributed by atoms with Crippen molar-refractivity contribution in [2.45, 2.75) is 31.1 Å². The zero-order valence-corrected chi connectivity index (χ0v) is 12.2. The van der Waals surface area contributed by atoms with Gasteiger partial charge in [-0.25, -0.2) is 0 Å². The molecule has 0 spiro atoms. The van der Waals surface area contributed by atoms with Gasteiger partial charge in [0, 0.05) is 11.8 Å². The topological polar surface area (TPSA) is 79.4 Å². The predicted octanol–water partition coefficient (Wildman–Crippen LogP) is 1.64. The van der Waals surface area contributed by atoms with Gasteiger partial charge in [0.05, 0.1) is 11.8 Å². The van der Waals surface area contributed by atoms with E-state index in [9.17, 15) is 0 Å². The van der Waals surface area contributed by atoms with Crippen molar-refractivity contribution in [1.82, 2.24) is 25.5 Å². The number of benzene rings is 1. The molecule has 2 aromatic rings. The van der Waals surface area contributed by atoms with Gasteiger partial charge >= 0.3 is 0 Å². The third-order valence-electron chi connectivity index (χ3n) is 2.51. The summed E-state index contributed by atoms with van der Waals surface area (Å²) in [5.41, 5.74) is 0.908. The summed E-state index contributed by atoms with van der Waals surface area (Å²) < 4.78 is 1.68. The molecule has 0 aliphatic rings. The molecule has 0 amide bonds. The number of aromatic nitrogens is 4. The van der Waals surface area contributed by atoms with E-state index in [0.29, 0.717) is 10.9 Å². The largest absolute Gasteiger partial charge is 0.299 e. The first-order chi connectivity index (χ1) is 9.70. The molecule has 0 radical (unpaired) electrons. The Bertz CT molecular complexity index is 574. The molecule has 104 valence electrons. The summed E-state index contributed by atoms with van der Waals surface area (Å²) in [5.74, 6) is 0.599. The number of para-hydroxylation sites is 1. The fourth-order valence-corrected chi connectivity index (χ4v) is 2.53. The van der Waals surface area contributed by atoms with Crippen LogP contribution in [0.4, 0.5) is 0 Å². The smallest absolute Gasteiger partial charge is 0.214 e. The van der Waals surface area contributed by atoms with E-state index < -0.39 is 0 Å². The standard InChI is InChI=1S/C13H16N6S/c1-10(2)15-11(8-14)9-20-13-16-17-18-19(13)12-6-4-3-5-7-12/h3-7,10-11,15H,9H2,1-2H3. The van der Waals surface area contributed by atoms with Crippen LogP contribution in [0.1, 0.15) is 13.8 Å². The molecular weight excluding hydrogens is 272 g/mol. The number of tetrazole rings is 1. The molecule has 20 heavy (non-hydrogen) atoms. The third-order valence-corrected chi connectivity index (χ3v) is 3.52. The summed E-state index contributed by atoms with van der Waals surface area (Å²) in [7, 11) is 0. The van der Waals surface area contributed by atoms with E-state index >= 15 is 0 Å². The molecular formula is C13H16N6S. The maximum absolute atomic E-state index is 9.11. The van der Waals surface area contributed by atoms with Crippen LogP contribution in [0.15, 0.2) is 35.5 Å². The normalized spacial score (nSPS) is 12.3. The van der Waals surface area contributed by atoms with Crippen molar-refractivity contribution in [1.29, 1.82) is 5.26 Å².